The van der Waals surface area contributed by atoms with Gasteiger partial charge in [-0.05, 0) is 78.6 Å². The first kappa shape index (κ1) is 25.3. The number of nitrogens with zero attached hydrogens (tertiary/aromatic N) is 1. The summed E-state index contributed by atoms with van der Waals surface area (Å²) in [6.45, 7) is 6.90. The molecule has 9 heteroatoms. The van der Waals surface area contributed by atoms with E-state index in [1.807, 2.05) is 26.8 Å². The van der Waals surface area contributed by atoms with Gasteiger partial charge in [0, 0.05) is 13.1 Å². The molecule has 1 fully saturated rings. The van der Waals surface area contributed by atoms with Crippen molar-refractivity contribution in [2.75, 3.05) is 26.5 Å². The second-order valence-corrected chi connectivity index (χ2v) is 10.8. The van der Waals surface area contributed by atoms with Gasteiger partial charge in [0.15, 0.2) is 5.76 Å². The molecule has 7 nitrogen and oxygen atoms in total. The quantitative estimate of drug-likeness (QED) is 0.604. The highest BCUT2D eigenvalue weighted by Gasteiger charge is 2.51. The first-order chi connectivity index (χ1) is 16.5. The first-order valence-electron chi connectivity index (χ1n) is 11.6. The summed E-state index contributed by atoms with van der Waals surface area (Å²) in [5.41, 5.74) is 4.39. The molecule has 0 atom stereocenters. The van der Waals surface area contributed by atoms with Crippen LogP contribution in [0.2, 0.25) is 0 Å². The molecule has 0 aromatic heterocycles. The van der Waals surface area contributed by atoms with Crippen molar-refractivity contribution in [2.24, 2.45) is 0 Å². The van der Waals surface area contributed by atoms with Crippen LogP contribution >= 0.6 is 0 Å². The number of hydrogen-bond donors (Lipinski definition) is 1. The molecule has 4 rings (SSSR count). The maximum Gasteiger partial charge on any atom is 0.306 e. The second kappa shape index (κ2) is 9.37. The molecule has 2 aromatic rings. The van der Waals surface area contributed by atoms with E-state index < -0.39 is 15.7 Å². The number of piperidine rings is 1. The van der Waals surface area contributed by atoms with Crippen molar-refractivity contribution in [3.8, 4) is 11.1 Å². The summed E-state index contributed by atoms with van der Waals surface area (Å²) in [7, 11) is -2.33. The Labute approximate surface area is 206 Å². The van der Waals surface area contributed by atoms with E-state index in [0.717, 1.165) is 34.1 Å². The molecule has 0 radical (unpaired) electrons. The minimum atomic E-state index is -3.91. The average molecular weight is 503 g/mol. The highest BCUT2D eigenvalue weighted by Crippen LogP contribution is 2.45. The molecule has 0 unspecified atom stereocenters. The number of aryl methyl sites for hydroxylation is 2. The largest absolute Gasteiger partial charge is 0.384 e. The minimum absolute atomic E-state index is 0.146. The Kier molecular flexibility index (Phi) is 6.78. The summed E-state index contributed by atoms with van der Waals surface area (Å²) in [5, 5.41) is 4.83. The molecule has 35 heavy (non-hydrogen) atoms. The lowest BCUT2D eigenvalue weighted by molar-refractivity contribution is -0.152. The van der Waals surface area contributed by atoms with Gasteiger partial charge in [-0.3, -0.25) is 4.79 Å². The highest BCUT2D eigenvalue weighted by molar-refractivity contribution is 7.86. The lowest BCUT2D eigenvalue weighted by Crippen LogP contribution is -2.53. The zero-order valence-electron chi connectivity index (χ0n) is 20.7. The van der Waals surface area contributed by atoms with Gasteiger partial charge in [-0.1, -0.05) is 25.1 Å². The van der Waals surface area contributed by atoms with Crippen LogP contribution in [0.1, 0.15) is 42.0 Å². The van der Waals surface area contributed by atoms with Gasteiger partial charge in [-0.25, -0.2) is 4.39 Å². The van der Waals surface area contributed by atoms with Crippen molar-refractivity contribution in [1.29, 1.82) is 0 Å². The fraction of sp³-hybridized carbons (Fsp3) is 0.423. The maximum atomic E-state index is 13.6. The normalized spacial score (nSPS) is 18.3. The second-order valence-electron chi connectivity index (χ2n) is 9.23. The van der Waals surface area contributed by atoms with E-state index in [-0.39, 0.29) is 23.1 Å². The predicted octanol–water partition coefficient (Wildman–Crippen LogP) is 3.89. The number of carbonyl (C=O) groups excluding carboxylic acids is 1. The van der Waals surface area contributed by atoms with Crippen LogP contribution in [0.3, 0.4) is 0 Å². The van der Waals surface area contributed by atoms with Crippen molar-refractivity contribution in [3.63, 3.8) is 0 Å². The predicted molar refractivity (Wildman–Crippen MR) is 132 cm³/mol. The monoisotopic (exact) mass is 502 g/mol. The van der Waals surface area contributed by atoms with Crippen LogP contribution in [0.5, 0.6) is 0 Å². The molecule has 2 aliphatic rings. The molecule has 2 heterocycles. The topological polar surface area (TPSA) is 84.9 Å². The Hall–Kier alpha value is -2.75. The lowest BCUT2D eigenvalue weighted by Gasteiger charge is -2.38. The first-order valence-corrected chi connectivity index (χ1v) is 13.5. The Morgan fingerprint density at radius 3 is 2.29 bits per heavy atom. The van der Waals surface area contributed by atoms with Crippen LogP contribution in [0.4, 0.5) is 4.39 Å². The molecule has 1 spiro atoms. The van der Waals surface area contributed by atoms with Gasteiger partial charge in [0.1, 0.15) is 11.4 Å². The van der Waals surface area contributed by atoms with E-state index >= 15 is 0 Å². The van der Waals surface area contributed by atoms with Gasteiger partial charge in [0.25, 0.3) is 5.91 Å². The average Bonchev–Trinajstić information content (AvgIpc) is 3.04. The molecule has 1 saturated heterocycles. The van der Waals surface area contributed by atoms with E-state index in [1.165, 1.54) is 12.1 Å². The van der Waals surface area contributed by atoms with Crippen molar-refractivity contribution in [1.82, 2.24) is 10.4 Å². The van der Waals surface area contributed by atoms with E-state index in [1.54, 1.807) is 24.3 Å². The highest BCUT2D eigenvalue weighted by atomic mass is 32.2. The van der Waals surface area contributed by atoms with Crippen LogP contribution in [-0.2, 0) is 30.4 Å². The third-order valence-corrected chi connectivity index (χ3v) is 7.40. The summed E-state index contributed by atoms with van der Waals surface area (Å²) >= 11 is 0. The fourth-order valence-corrected chi connectivity index (χ4v) is 5.88. The van der Waals surface area contributed by atoms with Gasteiger partial charge in [-0.15, -0.1) is 0 Å². The molecule has 1 N–H and O–H groups in total. The Bertz CT molecular complexity index is 1290. The molecular formula is C26H31FN2O5S. The molecule has 188 valence electrons. The molecule has 1 amide bonds. The SMILES string of the molecule is CCc1cc(C)c(-c2ccc(F)cc2)c(C)c1C1=C(OS(C)(=O)=O)C2(CCN(OC)CC2)NC1=O. The molecule has 0 aliphatic carbocycles. The third-order valence-electron chi connectivity index (χ3n) is 6.93. The number of benzene rings is 2. The Morgan fingerprint density at radius 1 is 1.11 bits per heavy atom. The van der Waals surface area contributed by atoms with Crippen molar-refractivity contribution >= 4 is 21.6 Å². The van der Waals surface area contributed by atoms with Crippen LogP contribution < -0.4 is 5.32 Å². The molecule has 2 aliphatic heterocycles. The smallest absolute Gasteiger partial charge is 0.306 e. The summed E-state index contributed by atoms with van der Waals surface area (Å²) in [5.74, 6) is -0.547. The van der Waals surface area contributed by atoms with Crippen LogP contribution in [-0.4, -0.2) is 51.4 Å². The number of carbonyl (C=O) groups is 1. The Morgan fingerprint density at radius 2 is 1.74 bits per heavy atom. The van der Waals surface area contributed by atoms with E-state index in [9.17, 15) is 17.6 Å². The van der Waals surface area contributed by atoms with Crippen LogP contribution in [0.15, 0.2) is 36.1 Å². The molecular weight excluding hydrogens is 471 g/mol. The van der Waals surface area contributed by atoms with Crippen molar-refractivity contribution in [3.05, 3.63) is 64.2 Å². The van der Waals surface area contributed by atoms with Crippen LogP contribution in [0.25, 0.3) is 16.7 Å². The zero-order valence-corrected chi connectivity index (χ0v) is 21.5. The van der Waals surface area contributed by atoms with E-state index in [2.05, 4.69) is 5.32 Å². The molecule has 0 bridgehead atoms. The third kappa shape index (κ3) is 4.72. The number of hydroxylamine groups is 2. The van der Waals surface area contributed by atoms with Gasteiger partial charge in [-0.2, -0.15) is 13.5 Å². The summed E-state index contributed by atoms with van der Waals surface area (Å²) < 4.78 is 44.0. The summed E-state index contributed by atoms with van der Waals surface area (Å²) in [6, 6.07) is 8.23. The minimum Gasteiger partial charge on any atom is -0.384 e. The van der Waals surface area contributed by atoms with Gasteiger partial charge in [0.05, 0.1) is 18.9 Å². The number of nitrogens with one attached hydrogen (secondary N) is 1. The standard InChI is InChI=1S/C26H31FN2O5S/c1-6-18-15-16(2)21(19-7-9-20(27)10-8-19)17(3)22(18)23-24(34-35(5,31)32)26(28-25(23)30)11-13-29(33-4)14-12-26/h7-10,15H,6,11-14H2,1-5H3,(H,28,30). The number of hydrogen-bond acceptors (Lipinski definition) is 6. The van der Waals surface area contributed by atoms with Gasteiger partial charge in [0.2, 0.25) is 0 Å². The number of amides is 1. The Balaban J connectivity index is 1.98. The number of rotatable bonds is 6. The van der Waals surface area contributed by atoms with Gasteiger partial charge < -0.3 is 14.3 Å². The van der Waals surface area contributed by atoms with E-state index in [0.29, 0.717) is 37.9 Å². The summed E-state index contributed by atoms with van der Waals surface area (Å²) in [6.07, 6.45) is 2.51. The molecule has 0 saturated carbocycles. The number of halogens is 1. The fourth-order valence-electron chi connectivity index (χ4n) is 5.34. The zero-order chi connectivity index (χ0) is 25.5. The lowest BCUT2D eigenvalue weighted by atomic mass is 9.82. The maximum absolute atomic E-state index is 13.6. The van der Waals surface area contributed by atoms with Crippen molar-refractivity contribution in [2.45, 2.75) is 45.6 Å². The van der Waals surface area contributed by atoms with E-state index in [4.69, 9.17) is 9.02 Å². The molecule has 2 aromatic carbocycles. The van der Waals surface area contributed by atoms with Crippen molar-refractivity contribution < 1.29 is 26.6 Å². The van der Waals surface area contributed by atoms with Crippen LogP contribution in [0, 0.1) is 19.7 Å². The van der Waals surface area contributed by atoms with Gasteiger partial charge >= 0.3 is 10.1 Å². The summed E-state index contributed by atoms with van der Waals surface area (Å²) in [4.78, 5) is 18.9.